The smallest absolute Gasteiger partial charge is 0.306 e. The van der Waals surface area contributed by atoms with Gasteiger partial charge in [-0.15, -0.1) is 0 Å². The molecule has 5 heteroatoms. The lowest BCUT2D eigenvalue weighted by Crippen LogP contribution is -1.93. The first-order valence-electron chi connectivity index (χ1n) is 5.44. The van der Waals surface area contributed by atoms with Crippen molar-refractivity contribution in [2.45, 2.75) is 13.8 Å². The molecule has 0 saturated carbocycles. The molecule has 1 aromatic rings. The van der Waals surface area contributed by atoms with Gasteiger partial charge in [0.05, 0.1) is 13.2 Å². The third-order valence-electron chi connectivity index (χ3n) is 1.94. The molecular weight excluding hydrogens is 303 g/mol. The van der Waals surface area contributed by atoms with E-state index in [0.29, 0.717) is 17.7 Å². The van der Waals surface area contributed by atoms with Crippen molar-refractivity contribution in [2.24, 2.45) is 0 Å². The highest BCUT2D eigenvalue weighted by Crippen LogP contribution is 2.52. The zero-order chi connectivity index (χ0) is 12.7. The molecule has 0 N–H and O–H groups in total. The van der Waals surface area contributed by atoms with Crippen molar-refractivity contribution >= 4 is 28.0 Å². The summed E-state index contributed by atoms with van der Waals surface area (Å²) >= 11 is 3.39. The molecule has 17 heavy (non-hydrogen) atoms. The summed E-state index contributed by atoms with van der Waals surface area (Å²) in [5.41, 5.74) is 0.937. The van der Waals surface area contributed by atoms with Gasteiger partial charge in [-0.25, -0.2) is 0 Å². The molecule has 0 heterocycles. The van der Waals surface area contributed by atoms with Crippen molar-refractivity contribution < 1.29 is 13.6 Å². The molecule has 94 valence electrons. The maximum absolute atomic E-state index is 12.2. The third-order valence-corrected chi connectivity index (χ3v) is 4.79. The minimum Gasteiger partial charge on any atom is -0.306 e. The van der Waals surface area contributed by atoms with Crippen LogP contribution in [0.15, 0.2) is 36.1 Å². The fraction of sp³-hybridized carbons (Fsp3) is 0.333. The van der Waals surface area contributed by atoms with Crippen molar-refractivity contribution in [3.63, 3.8) is 0 Å². The van der Waals surface area contributed by atoms with E-state index in [9.17, 15) is 4.57 Å². The Kier molecular flexibility index (Phi) is 6.14. The van der Waals surface area contributed by atoms with Crippen molar-refractivity contribution in [3.05, 3.63) is 41.7 Å². The topological polar surface area (TPSA) is 35.5 Å². The Hall–Kier alpha value is -0.410. The second kappa shape index (κ2) is 7.12. The molecule has 0 aliphatic heterocycles. The predicted octanol–water partition coefficient (Wildman–Crippen LogP) is 4.65. The van der Waals surface area contributed by atoms with Crippen molar-refractivity contribution in [1.82, 2.24) is 0 Å². The molecule has 0 amide bonds. The summed E-state index contributed by atoms with van der Waals surface area (Å²) in [5, 5.41) is 0. The maximum Gasteiger partial charge on any atom is 0.355 e. The van der Waals surface area contributed by atoms with E-state index in [1.54, 1.807) is 13.8 Å². The minimum atomic E-state index is -3.15. The molecule has 0 aliphatic carbocycles. The van der Waals surface area contributed by atoms with Gasteiger partial charge in [-0.3, -0.25) is 4.57 Å². The molecular formula is C12H16BrO3P. The largest absolute Gasteiger partial charge is 0.355 e. The highest BCUT2D eigenvalue weighted by Gasteiger charge is 2.21. The maximum atomic E-state index is 12.2. The van der Waals surface area contributed by atoms with Crippen LogP contribution in [0.1, 0.15) is 19.4 Å². The SMILES string of the molecule is CCOP(=O)(/C=C(\Br)c1ccccc1)OCC. The Balaban J connectivity index is 2.95. The number of hydrogen-bond donors (Lipinski definition) is 0. The number of hydrogen-bond acceptors (Lipinski definition) is 3. The lowest BCUT2D eigenvalue weighted by atomic mass is 10.2. The molecule has 0 fully saturated rings. The van der Waals surface area contributed by atoms with Crippen molar-refractivity contribution in [2.75, 3.05) is 13.2 Å². The molecule has 0 aliphatic rings. The Morgan fingerprint density at radius 1 is 1.24 bits per heavy atom. The van der Waals surface area contributed by atoms with Crippen molar-refractivity contribution in [3.8, 4) is 0 Å². The summed E-state index contributed by atoms with van der Waals surface area (Å²) in [5.74, 6) is 1.51. The molecule has 0 aromatic heterocycles. The molecule has 0 unspecified atom stereocenters. The molecule has 0 saturated heterocycles. The van der Waals surface area contributed by atoms with Gasteiger partial charge in [0.1, 0.15) is 0 Å². The van der Waals surface area contributed by atoms with E-state index in [1.165, 1.54) is 5.82 Å². The molecule has 0 bridgehead atoms. The van der Waals surface area contributed by atoms with Gasteiger partial charge in [0.2, 0.25) is 0 Å². The van der Waals surface area contributed by atoms with Crippen LogP contribution >= 0.6 is 23.5 Å². The Morgan fingerprint density at radius 2 is 1.76 bits per heavy atom. The summed E-state index contributed by atoms with van der Waals surface area (Å²) in [6.07, 6.45) is 0. The average molecular weight is 319 g/mol. The second-order valence-corrected chi connectivity index (χ2v) is 5.93. The molecule has 0 spiro atoms. The minimum absolute atomic E-state index is 0.350. The number of benzene rings is 1. The zero-order valence-corrected chi connectivity index (χ0v) is 12.4. The van der Waals surface area contributed by atoms with Crippen LogP contribution in [0.5, 0.6) is 0 Å². The first kappa shape index (κ1) is 14.7. The van der Waals surface area contributed by atoms with Crippen molar-refractivity contribution in [1.29, 1.82) is 0 Å². The molecule has 3 nitrogen and oxygen atoms in total. The standard InChI is InChI=1S/C12H16BrO3P/c1-3-15-17(14,16-4-2)10-12(13)11-8-6-5-7-9-11/h5-10H,3-4H2,1-2H3/b12-10-. The van der Waals surface area contributed by atoms with Crippen LogP contribution < -0.4 is 0 Å². The molecule has 1 aromatic carbocycles. The highest BCUT2D eigenvalue weighted by atomic mass is 79.9. The molecule has 1 rings (SSSR count). The van der Waals surface area contributed by atoms with E-state index >= 15 is 0 Å². The van der Waals surface area contributed by atoms with Gasteiger partial charge in [0.25, 0.3) is 0 Å². The lowest BCUT2D eigenvalue weighted by Gasteiger charge is -2.13. The predicted molar refractivity (Wildman–Crippen MR) is 74.2 cm³/mol. The Bertz CT molecular complexity index is 407. The quantitative estimate of drug-likeness (QED) is 0.716. The normalized spacial score (nSPS) is 12.8. The first-order valence-corrected chi connectivity index (χ1v) is 7.84. The second-order valence-electron chi connectivity index (χ2n) is 3.22. The fourth-order valence-electron chi connectivity index (χ4n) is 1.28. The Labute approximate surface area is 110 Å². The zero-order valence-electron chi connectivity index (χ0n) is 9.93. The molecule has 0 radical (unpaired) electrons. The number of rotatable bonds is 6. The van der Waals surface area contributed by atoms with Gasteiger partial charge in [-0.1, -0.05) is 30.3 Å². The summed E-state index contributed by atoms with van der Waals surface area (Å²) < 4.78 is 23.3. The van der Waals surface area contributed by atoms with Gasteiger partial charge in [0, 0.05) is 10.3 Å². The number of halogens is 1. The van der Waals surface area contributed by atoms with Crippen LogP contribution in [-0.2, 0) is 13.6 Å². The average Bonchev–Trinajstić information content (AvgIpc) is 2.30. The van der Waals surface area contributed by atoms with Crippen LogP contribution in [0.3, 0.4) is 0 Å². The third kappa shape index (κ3) is 4.76. The molecule has 0 atom stereocenters. The van der Waals surface area contributed by atoms with Gasteiger partial charge >= 0.3 is 7.60 Å². The van der Waals surface area contributed by atoms with Crippen LogP contribution in [0.4, 0.5) is 0 Å². The van der Waals surface area contributed by atoms with Crippen LogP contribution in [-0.4, -0.2) is 13.2 Å². The van der Waals surface area contributed by atoms with E-state index < -0.39 is 7.60 Å². The van der Waals surface area contributed by atoms with Gasteiger partial charge in [-0.2, -0.15) is 0 Å². The summed E-state index contributed by atoms with van der Waals surface area (Å²) in [6, 6.07) is 9.59. The van der Waals surface area contributed by atoms with E-state index in [2.05, 4.69) is 15.9 Å². The highest BCUT2D eigenvalue weighted by molar-refractivity contribution is 9.15. The van der Waals surface area contributed by atoms with E-state index in [4.69, 9.17) is 9.05 Å². The summed E-state index contributed by atoms with van der Waals surface area (Å²) in [7, 11) is -3.15. The van der Waals surface area contributed by atoms with Gasteiger partial charge in [-0.05, 0) is 35.3 Å². The summed E-state index contributed by atoms with van der Waals surface area (Å²) in [4.78, 5) is 0. The Morgan fingerprint density at radius 3 is 2.24 bits per heavy atom. The summed E-state index contributed by atoms with van der Waals surface area (Å²) in [6.45, 7) is 4.28. The van der Waals surface area contributed by atoms with Crippen LogP contribution in [0.25, 0.3) is 4.48 Å². The van der Waals surface area contributed by atoms with E-state index in [-0.39, 0.29) is 0 Å². The van der Waals surface area contributed by atoms with Crippen LogP contribution in [0.2, 0.25) is 0 Å². The van der Waals surface area contributed by atoms with Crippen LogP contribution in [0, 0.1) is 0 Å². The van der Waals surface area contributed by atoms with E-state index in [1.807, 2.05) is 30.3 Å². The first-order chi connectivity index (χ1) is 8.11. The van der Waals surface area contributed by atoms with Gasteiger partial charge in [0.15, 0.2) is 0 Å². The fourth-order valence-corrected chi connectivity index (χ4v) is 3.67. The monoisotopic (exact) mass is 318 g/mol. The lowest BCUT2D eigenvalue weighted by molar-refractivity contribution is 0.229. The van der Waals surface area contributed by atoms with E-state index in [0.717, 1.165) is 5.56 Å². The van der Waals surface area contributed by atoms with Gasteiger partial charge < -0.3 is 9.05 Å².